The van der Waals surface area contributed by atoms with Gasteiger partial charge in [0.15, 0.2) is 0 Å². The van der Waals surface area contributed by atoms with Gasteiger partial charge in [0.25, 0.3) is 0 Å². The molecule has 1 aromatic carbocycles. The minimum Gasteiger partial charge on any atom is -0.494 e. The molecule has 0 aliphatic heterocycles. The number of hydrogen-bond acceptors (Lipinski definition) is 3. The molecular weight excluding hydrogens is 230 g/mol. The van der Waals surface area contributed by atoms with Crippen LogP contribution in [-0.2, 0) is 4.79 Å². The molecule has 0 saturated heterocycles. The van der Waals surface area contributed by atoms with Crippen LogP contribution in [0.2, 0.25) is 0 Å². The number of hydrogen-bond donors (Lipinski definition) is 2. The number of para-hydroxylation sites is 1. The quantitative estimate of drug-likeness (QED) is 0.773. The Labute approximate surface area is 108 Å². The third-order valence-corrected chi connectivity index (χ3v) is 2.67. The average Bonchev–Trinajstić information content (AvgIpc) is 2.39. The summed E-state index contributed by atoms with van der Waals surface area (Å²) in [5, 5.41) is 11.6. The van der Waals surface area contributed by atoms with Crippen molar-refractivity contribution in [3.8, 4) is 5.75 Å². The van der Waals surface area contributed by atoms with Gasteiger partial charge >= 0.3 is 0 Å². The molecule has 0 bridgehead atoms. The van der Waals surface area contributed by atoms with Crippen LogP contribution in [0.1, 0.15) is 20.3 Å². The molecule has 18 heavy (non-hydrogen) atoms. The van der Waals surface area contributed by atoms with Crippen molar-refractivity contribution in [2.45, 2.75) is 26.3 Å². The Hall–Kier alpha value is -1.55. The Morgan fingerprint density at radius 2 is 2.00 bits per heavy atom. The monoisotopic (exact) mass is 251 g/mol. The molecule has 0 radical (unpaired) electrons. The topological polar surface area (TPSA) is 58.6 Å². The summed E-state index contributed by atoms with van der Waals surface area (Å²) in [5.74, 6) is 0.643. The van der Waals surface area contributed by atoms with Crippen LogP contribution in [0.3, 0.4) is 0 Å². The number of aliphatic hydroxyl groups is 1. The summed E-state index contributed by atoms with van der Waals surface area (Å²) in [6.07, 6.45) is 0.652. The minimum atomic E-state index is -0.199. The molecule has 1 amide bonds. The van der Waals surface area contributed by atoms with E-state index >= 15 is 0 Å². The third-order valence-electron chi connectivity index (χ3n) is 2.67. The highest BCUT2D eigenvalue weighted by atomic mass is 16.5. The van der Waals surface area contributed by atoms with Gasteiger partial charge in [0.1, 0.15) is 5.75 Å². The van der Waals surface area contributed by atoms with Gasteiger partial charge in [-0.05, 0) is 25.5 Å². The molecule has 1 rings (SSSR count). The van der Waals surface area contributed by atoms with Gasteiger partial charge in [0.2, 0.25) is 5.91 Å². The Morgan fingerprint density at radius 1 is 1.33 bits per heavy atom. The van der Waals surface area contributed by atoms with Crippen molar-refractivity contribution in [3.05, 3.63) is 30.3 Å². The summed E-state index contributed by atoms with van der Waals surface area (Å²) in [4.78, 5) is 11.7. The summed E-state index contributed by atoms with van der Waals surface area (Å²) < 4.78 is 5.53. The van der Waals surface area contributed by atoms with E-state index in [4.69, 9.17) is 9.84 Å². The molecule has 0 fully saturated rings. The van der Waals surface area contributed by atoms with Gasteiger partial charge in [-0.2, -0.15) is 0 Å². The predicted octanol–water partition coefficient (Wildman–Crippen LogP) is 1.59. The maximum atomic E-state index is 11.7. The number of ether oxygens (including phenoxy) is 1. The van der Waals surface area contributed by atoms with Crippen LogP contribution in [0, 0.1) is 5.92 Å². The molecule has 0 aromatic heterocycles. The van der Waals surface area contributed by atoms with Crippen molar-refractivity contribution < 1.29 is 14.6 Å². The highest BCUT2D eigenvalue weighted by Crippen LogP contribution is 2.10. The summed E-state index contributed by atoms with van der Waals surface area (Å²) in [6.45, 7) is 4.09. The zero-order valence-electron chi connectivity index (χ0n) is 10.9. The Kier molecular flexibility index (Phi) is 6.22. The average molecular weight is 251 g/mol. The molecule has 2 unspecified atom stereocenters. The number of aliphatic hydroxyl groups excluding tert-OH is 1. The summed E-state index contributed by atoms with van der Waals surface area (Å²) in [7, 11) is 0. The van der Waals surface area contributed by atoms with Crippen molar-refractivity contribution in [1.29, 1.82) is 0 Å². The standard InChI is InChI=1S/C14H21NO3/c1-11(14(17)15-12(2)10-16)8-9-18-13-6-4-3-5-7-13/h3-7,11-12,16H,8-10H2,1-2H3,(H,15,17). The molecule has 100 valence electrons. The molecule has 0 saturated carbocycles. The largest absolute Gasteiger partial charge is 0.494 e. The molecule has 0 spiro atoms. The molecular formula is C14H21NO3. The van der Waals surface area contributed by atoms with Crippen molar-refractivity contribution in [2.24, 2.45) is 5.92 Å². The number of benzene rings is 1. The normalized spacial score (nSPS) is 13.7. The van der Waals surface area contributed by atoms with E-state index < -0.39 is 0 Å². The lowest BCUT2D eigenvalue weighted by molar-refractivity contribution is -0.125. The van der Waals surface area contributed by atoms with Crippen molar-refractivity contribution >= 4 is 5.91 Å². The van der Waals surface area contributed by atoms with Crippen LogP contribution in [0.5, 0.6) is 5.75 Å². The molecule has 4 heteroatoms. The molecule has 2 atom stereocenters. The van der Waals surface area contributed by atoms with Crippen molar-refractivity contribution in [2.75, 3.05) is 13.2 Å². The Balaban J connectivity index is 2.24. The Morgan fingerprint density at radius 3 is 2.61 bits per heavy atom. The smallest absolute Gasteiger partial charge is 0.223 e. The van der Waals surface area contributed by atoms with E-state index in [1.165, 1.54) is 0 Å². The van der Waals surface area contributed by atoms with E-state index in [-0.39, 0.29) is 24.5 Å². The fourth-order valence-electron chi connectivity index (χ4n) is 1.43. The maximum absolute atomic E-state index is 11.7. The van der Waals surface area contributed by atoms with E-state index in [9.17, 15) is 4.79 Å². The highest BCUT2D eigenvalue weighted by molar-refractivity contribution is 5.78. The predicted molar refractivity (Wildman–Crippen MR) is 70.4 cm³/mol. The van der Waals surface area contributed by atoms with E-state index in [2.05, 4.69) is 5.32 Å². The van der Waals surface area contributed by atoms with Gasteiger partial charge < -0.3 is 15.2 Å². The number of carbonyl (C=O) groups is 1. The van der Waals surface area contributed by atoms with Gasteiger partial charge in [-0.15, -0.1) is 0 Å². The van der Waals surface area contributed by atoms with Gasteiger partial charge in [0, 0.05) is 12.0 Å². The number of amides is 1. The first-order valence-electron chi connectivity index (χ1n) is 6.22. The number of nitrogens with one attached hydrogen (secondary N) is 1. The second-order valence-electron chi connectivity index (χ2n) is 4.44. The maximum Gasteiger partial charge on any atom is 0.223 e. The summed E-state index contributed by atoms with van der Waals surface area (Å²) in [5.41, 5.74) is 0. The fraction of sp³-hybridized carbons (Fsp3) is 0.500. The zero-order valence-corrected chi connectivity index (χ0v) is 10.9. The van der Waals surface area contributed by atoms with E-state index in [1.54, 1.807) is 6.92 Å². The molecule has 2 N–H and O–H groups in total. The van der Waals surface area contributed by atoms with Crippen LogP contribution < -0.4 is 10.1 Å². The van der Waals surface area contributed by atoms with Gasteiger partial charge in [0.05, 0.1) is 13.2 Å². The van der Waals surface area contributed by atoms with Gasteiger partial charge in [-0.3, -0.25) is 4.79 Å². The lowest BCUT2D eigenvalue weighted by atomic mass is 10.1. The highest BCUT2D eigenvalue weighted by Gasteiger charge is 2.14. The van der Waals surface area contributed by atoms with Crippen LogP contribution in [-0.4, -0.2) is 30.3 Å². The first kappa shape index (κ1) is 14.5. The molecule has 0 aliphatic rings. The summed E-state index contributed by atoms with van der Waals surface area (Å²) in [6, 6.07) is 9.33. The molecule has 4 nitrogen and oxygen atoms in total. The first-order chi connectivity index (χ1) is 8.63. The molecule has 0 heterocycles. The summed E-state index contributed by atoms with van der Waals surface area (Å²) >= 11 is 0. The second-order valence-corrected chi connectivity index (χ2v) is 4.44. The van der Waals surface area contributed by atoms with E-state index in [1.807, 2.05) is 37.3 Å². The van der Waals surface area contributed by atoms with E-state index in [0.29, 0.717) is 13.0 Å². The molecule has 1 aromatic rings. The van der Waals surface area contributed by atoms with Crippen molar-refractivity contribution in [1.82, 2.24) is 5.32 Å². The van der Waals surface area contributed by atoms with E-state index in [0.717, 1.165) is 5.75 Å². The Bertz CT molecular complexity index is 353. The van der Waals surface area contributed by atoms with Gasteiger partial charge in [-0.1, -0.05) is 25.1 Å². The fourth-order valence-corrected chi connectivity index (χ4v) is 1.43. The van der Waals surface area contributed by atoms with Crippen LogP contribution in [0.15, 0.2) is 30.3 Å². The van der Waals surface area contributed by atoms with Crippen LogP contribution in [0.25, 0.3) is 0 Å². The zero-order chi connectivity index (χ0) is 13.4. The number of carbonyl (C=O) groups excluding carboxylic acids is 1. The second kappa shape index (κ2) is 7.71. The van der Waals surface area contributed by atoms with Gasteiger partial charge in [-0.25, -0.2) is 0 Å². The van der Waals surface area contributed by atoms with Crippen molar-refractivity contribution in [3.63, 3.8) is 0 Å². The minimum absolute atomic E-state index is 0.0427. The van der Waals surface area contributed by atoms with Crippen LogP contribution >= 0.6 is 0 Å². The lowest BCUT2D eigenvalue weighted by Crippen LogP contribution is -2.38. The van der Waals surface area contributed by atoms with Crippen LogP contribution in [0.4, 0.5) is 0 Å². The number of rotatable bonds is 7. The lowest BCUT2D eigenvalue weighted by Gasteiger charge is -2.16. The SMILES string of the molecule is CC(CO)NC(=O)C(C)CCOc1ccccc1. The molecule has 0 aliphatic carbocycles. The first-order valence-corrected chi connectivity index (χ1v) is 6.22. The third kappa shape index (κ3) is 5.19.